The summed E-state index contributed by atoms with van der Waals surface area (Å²) in [6.45, 7) is 0. The summed E-state index contributed by atoms with van der Waals surface area (Å²) in [5.74, 6) is -0.0347. The van der Waals surface area contributed by atoms with E-state index in [2.05, 4.69) is 24.9 Å². The normalized spacial score (nSPS) is 11.4. The van der Waals surface area contributed by atoms with Gasteiger partial charge in [0.2, 0.25) is 5.95 Å². The molecule has 0 aliphatic heterocycles. The van der Waals surface area contributed by atoms with E-state index in [-0.39, 0.29) is 17.0 Å². The number of nitrogens with one attached hydrogen (secondary N) is 2. The minimum Gasteiger partial charge on any atom is -0.466 e. The number of hydrogen-bond donors (Lipinski definition) is 2. The highest BCUT2D eigenvalue weighted by molar-refractivity contribution is 7.92. The Morgan fingerprint density at radius 1 is 1.53 bits per heavy atom. The summed E-state index contributed by atoms with van der Waals surface area (Å²) in [6, 6.07) is 0.0451. The molecule has 2 rings (SSSR count). The van der Waals surface area contributed by atoms with Gasteiger partial charge in [0.15, 0.2) is 5.03 Å². The van der Waals surface area contributed by atoms with Gasteiger partial charge in [-0.1, -0.05) is 0 Å². The quantitative estimate of drug-likeness (QED) is 0.752. The van der Waals surface area contributed by atoms with Crippen molar-refractivity contribution in [3.63, 3.8) is 0 Å². The molecule has 0 atom stereocenters. The first-order chi connectivity index (χ1) is 8.01. The van der Waals surface area contributed by atoms with Crippen LogP contribution in [0.15, 0.2) is 17.6 Å². The predicted molar refractivity (Wildman–Crippen MR) is 57.0 cm³/mol. The van der Waals surface area contributed by atoms with Crippen molar-refractivity contribution in [3.8, 4) is 6.01 Å². The van der Waals surface area contributed by atoms with Gasteiger partial charge in [-0.2, -0.15) is 13.4 Å². The number of aryl methyl sites for hydroxylation is 1. The third-order valence-electron chi connectivity index (χ3n) is 1.84. The van der Waals surface area contributed by atoms with Crippen LogP contribution in [0, 0.1) is 0 Å². The van der Waals surface area contributed by atoms with Crippen LogP contribution in [-0.2, 0) is 17.1 Å². The van der Waals surface area contributed by atoms with Crippen molar-refractivity contribution in [2.45, 2.75) is 5.03 Å². The molecule has 0 saturated heterocycles. The van der Waals surface area contributed by atoms with Gasteiger partial charge < -0.3 is 9.30 Å². The number of nitrogens with zero attached hydrogens (tertiary/aromatic N) is 4. The summed E-state index contributed by atoms with van der Waals surface area (Å²) in [6.07, 6.45) is 2.76. The molecule has 10 heteroatoms. The van der Waals surface area contributed by atoms with E-state index in [4.69, 9.17) is 4.74 Å². The average Bonchev–Trinajstić information content (AvgIpc) is 2.86. The Kier molecular flexibility index (Phi) is 2.71. The molecular weight excluding hydrogens is 248 g/mol. The van der Waals surface area contributed by atoms with Crippen LogP contribution in [0.3, 0.4) is 0 Å². The molecule has 0 aliphatic rings. The number of hydrogen-bond acceptors (Lipinski definition) is 6. The lowest BCUT2D eigenvalue weighted by Crippen LogP contribution is -2.14. The Morgan fingerprint density at radius 2 is 2.29 bits per heavy atom. The number of sulfonamides is 1. The molecule has 0 aliphatic carbocycles. The molecule has 0 unspecified atom stereocenters. The number of methoxy groups -OCH3 is 1. The predicted octanol–water partition coefficient (Wildman–Crippen LogP) is -0.652. The van der Waals surface area contributed by atoms with Crippen molar-refractivity contribution in [2.24, 2.45) is 7.05 Å². The molecular formula is C7H10N6O3S. The van der Waals surface area contributed by atoms with Crippen LogP contribution in [0.2, 0.25) is 0 Å². The molecule has 2 N–H and O–H groups in total. The highest BCUT2D eigenvalue weighted by Gasteiger charge is 2.19. The molecule has 0 aromatic carbocycles. The van der Waals surface area contributed by atoms with Crippen molar-refractivity contribution < 1.29 is 13.2 Å². The molecule has 0 radical (unpaired) electrons. The fraction of sp³-hybridized carbons (Fsp3) is 0.286. The first-order valence-corrected chi connectivity index (χ1v) is 5.97. The minimum absolute atomic E-state index is 0.0347. The summed E-state index contributed by atoms with van der Waals surface area (Å²) in [5, 5.41) is 5.88. The first kappa shape index (κ1) is 11.4. The van der Waals surface area contributed by atoms with E-state index in [9.17, 15) is 8.42 Å². The maximum Gasteiger partial charge on any atom is 0.336 e. The van der Waals surface area contributed by atoms with E-state index in [1.165, 1.54) is 24.2 Å². The molecule has 2 heterocycles. The Balaban J connectivity index is 2.23. The van der Waals surface area contributed by atoms with Gasteiger partial charge in [0.1, 0.15) is 0 Å². The van der Waals surface area contributed by atoms with E-state index < -0.39 is 10.0 Å². The lowest BCUT2D eigenvalue weighted by molar-refractivity contribution is 0.382. The third kappa shape index (κ3) is 2.36. The second-order valence-corrected chi connectivity index (χ2v) is 4.78. The van der Waals surface area contributed by atoms with Gasteiger partial charge in [-0.15, -0.1) is 5.10 Å². The van der Waals surface area contributed by atoms with Crippen LogP contribution in [0.1, 0.15) is 0 Å². The van der Waals surface area contributed by atoms with E-state index in [1.807, 2.05) is 0 Å². The van der Waals surface area contributed by atoms with Crippen molar-refractivity contribution >= 4 is 16.0 Å². The van der Waals surface area contributed by atoms with E-state index in [0.29, 0.717) is 0 Å². The van der Waals surface area contributed by atoms with Gasteiger partial charge in [-0.25, -0.2) is 14.8 Å². The Bertz CT molecular complexity index is 615. The average molecular weight is 258 g/mol. The van der Waals surface area contributed by atoms with Crippen molar-refractivity contribution in [1.29, 1.82) is 0 Å². The second-order valence-electron chi connectivity index (χ2n) is 3.15. The number of imidazole rings is 1. The number of H-pyrrole nitrogens is 1. The lowest BCUT2D eigenvalue weighted by atomic mass is 10.9. The van der Waals surface area contributed by atoms with Crippen LogP contribution < -0.4 is 9.46 Å². The number of rotatable bonds is 4. The fourth-order valence-electron chi connectivity index (χ4n) is 1.09. The number of aromatic amines is 1. The summed E-state index contributed by atoms with van der Waals surface area (Å²) in [7, 11) is -0.713. The van der Waals surface area contributed by atoms with Crippen LogP contribution >= 0.6 is 0 Å². The third-order valence-corrected chi connectivity index (χ3v) is 3.06. The highest BCUT2D eigenvalue weighted by atomic mass is 32.2. The lowest BCUT2D eigenvalue weighted by Gasteiger charge is -2.00. The van der Waals surface area contributed by atoms with Crippen LogP contribution in [0.5, 0.6) is 6.01 Å². The maximum atomic E-state index is 11.8. The molecule has 0 fully saturated rings. The fourth-order valence-corrected chi connectivity index (χ4v) is 2.03. The maximum absolute atomic E-state index is 11.8. The molecule has 2 aromatic heterocycles. The van der Waals surface area contributed by atoms with Gasteiger partial charge in [-0.3, -0.25) is 0 Å². The van der Waals surface area contributed by atoms with E-state index >= 15 is 0 Å². The smallest absolute Gasteiger partial charge is 0.336 e. The van der Waals surface area contributed by atoms with Crippen LogP contribution in [0.4, 0.5) is 5.95 Å². The van der Waals surface area contributed by atoms with Gasteiger partial charge in [0.05, 0.1) is 13.4 Å². The molecule has 0 amide bonds. The highest BCUT2D eigenvalue weighted by Crippen LogP contribution is 2.11. The zero-order valence-electron chi connectivity index (χ0n) is 9.08. The van der Waals surface area contributed by atoms with Crippen molar-refractivity contribution in [3.05, 3.63) is 12.5 Å². The standard InChI is InChI=1S/C7H10N6O3S/c1-13-3-5(8-4-13)17(14,15)12-6-9-7(16-2)11-10-6/h3-4H,1-2H3,(H2,9,10,11,12). The van der Waals surface area contributed by atoms with Gasteiger partial charge >= 0.3 is 6.01 Å². The van der Waals surface area contributed by atoms with Crippen molar-refractivity contribution in [1.82, 2.24) is 24.7 Å². The number of ether oxygens (including phenoxy) is 1. The molecule has 0 bridgehead atoms. The molecule has 17 heavy (non-hydrogen) atoms. The summed E-state index contributed by atoms with van der Waals surface area (Å²) in [5.41, 5.74) is 0. The molecule has 92 valence electrons. The van der Waals surface area contributed by atoms with Crippen molar-refractivity contribution in [2.75, 3.05) is 11.8 Å². The van der Waals surface area contributed by atoms with Crippen LogP contribution in [-0.4, -0.2) is 40.3 Å². The second kappa shape index (κ2) is 4.05. The number of aromatic nitrogens is 5. The SMILES string of the molecule is COc1n[nH]c(NS(=O)(=O)c2cn(C)cn2)n1. The summed E-state index contributed by atoms with van der Waals surface area (Å²) in [4.78, 5) is 7.46. The molecule has 0 saturated carbocycles. The van der Waals surface area contributed by atoms with E-state index in [1.54, 1.807) is 7.05 Å². The zero-order chi connectivity index (χ0) is 12.5. The largest absolute Gasteiger partial charge is 0.466 e. The molecule has 0 spiro atoms. The zero-order valence-corrected chi connectivity index (χ0v) is 9.89. The minimum atomic E-state index is -3.76. The Labute approximate surface area is 96.9 Å². The van der Waals surface area contributed by atoms with Gasteiger partial charge in [-0.05, 0) is 0 Å². The number of anilines is 1. The first-order valence-electron chi connectivity index (χ1n) is 4.48. The van der Waals surface area contributed by atoms with Crippen LogP contribution in [0.25, 0.3) is 0 Å². The van der Waals surface area contributed by atoms with Gasteiger partial charge in [0, 0.05) is 13.2 Å². The Hall–Kier alpha value is -2.10. The monoisotopic (exact) mass is 258 g/mol. The van der Waals surface area contributed by atoms with E-state index in [0.717, 1.165) is 0 Å². The summed E-state index contributed by atoms with van der Waals surface area (Å²) < 4.78 is 32.0. The summed E-state index contributed by atoms with van der Waals surface area (Å²) >= 11 is 0. The van der Waals surface area contributed by atoms with Gasteiger partial charge in [0.25, 0.3) is 10.0 Å². The Morgan fingerprint density at radius 3 is 2.82 bits per heavy atom. The topological polar surface area (TPSA) is 115 Å². The molecule has 2 aromatic rings. The molecule has 9 nitrogen and oxygen atoms in total.